The van der Waals surface area contributed by atoms with Gasteiger partial charge in [0.15, 0.2) is 0 Å². The van der Waals surface area contributed by atoms with Crippen molar-refractivity contribution in [1.29, 1.82) is 0 Å². The van der Waals surface area contributed by atoms with Gasteiger partial charge >= 0.3 is 0 Å². The number of hydrogen-bond donors (Lipinski definition) is 1. The first-order valence-electron chi connectivity index (χ1n) is 9.64. The summed E-state index contributed by atoms with van der Waals surface area (Å²) in [6, 6.07) is 5.80. The van der Waals surface area contributed by atoms with E-state index < -0.39 is 11.6 Å². The normalized spacial score (nSPS) is 24.0. The zero-order valence-electron chi connectivity index (χ0n) is 15.3. The van der Waals surface area contributed by atoms with E-state index in [0.717, 1.165) is 43.2 Å². The number of benzene rings is 1. The van der Waals surface area contributed by atoms with Crippen molar-refractivity contribution >= 4 is 17.4 Å². The number of nitrogens with one attached hydrogen (secondary N) is 1. The number of amides is 1. The molecule has 1 aromatic heterocycles. The number of aromatic nitrogens is 2. The van der Waals surface area contributed by atoms with E-state index in [1.807, 2.05) is 0 Å². The van der Waals surface area contributed by atoms with Crippen molar-refractivity contribution in [2.75, 3.05) is 29.9 Å². The van der Waals surface area contributed by atoms with Crippen molar-refractivity contribution < 1.29 is 13.6 Å². The van der Waals surface area contributed by atoms with Gasteiger partial charge in [-0.3, -0.25) is 9.69 Å². The molecule has 1 aromatic carbocycles. The number of halogens is 2. The molecule has 2 bridgehead atoms. The van der Waals surface area contributed by atoms with Gasteiger partial charge in [-0.2, -0.15) is 0 Å². The van der Waals surface area contributed by atoms with Crippen LogP contribution in [0.2, 0.25) is 0 Å². The minimum absolute atomic E-state index is 0.00676. The van der Waals surface area contributed by atoms with Crippen LogP contribution in [0.4, 0.5) is 20.3 Å². The largest absolute Gasteiger partial charge is 0.353 e. The van der Waals surface area contributed by atoms with Gasteiger partial charge in [-0.05, 0) is 31.4 Å². The molecule has 3 saturated heterocycles. The van der Waals surface area contributed by atoms with Crippen LogP contribution >= 0.6 is 0 Å². The van der Waals surface area contributed by atoms with Gasteiger partial charge in [0.05, 0.1) is 12.2 Å². The highest BCUT2D eigenvalue weighted by atomic mass is 19.1. The molecule has 146 valence electrons. The number of anilines is 2. The SMILES string of the molecule is O=C(CN1C2CC1CN(c1cc(C3CC3)ncn1)C2)Nc1ccc(F)cc1F. The van der Waals surface area contributed by atoms with Gasteiger partial charge in [-0.15, -0.1) is 0 Å². The molecule has 6 nitrogen and oxygen atoms in total. The van der Waals surface area contributed by atoms with E-state index in [-0.39, 0.29) is 30.2 Å². The van der Waals surface area contributed by atoms with Crippen LogP contribution in [-0.2, 0) is 4.79 Å². The summed E-state index contributed by atoms with van der Waals surface area (Å²) in [6.07, 6.45) is 5.11. The Morgan fingerprint density at radius 3 is 2.64 bits per heavy atom. The Bertz CT molecular complexity index is 907. The molecule has 1 amide bonds. The highest BCUT2D eigenvalue weighted by molar-refractivity contribution is 5.92. The van der Waals surface area contributed by atoms with Crippen LogP contribution < -0.4 is 10.2 Å². The van der Waals surface area contributed by atoms with Crippen LogP contribution in [0.25, 0.3) is 0 Å². The molecule has 8 heteroatoms. The zero-order valence-corrected chi connectivity index (χ0v) is 15.3. The maximum atomic E-state index is 13.7. The van der Waals surface area contributed by atoms with Crippen LogP contribution in [0.5, 0.6) is 0 Å². The van der Waals surface area contributed by atoms with Gasteiger partial charge < -0.3 is 10.2 Å². The Labute approximate surface area is 161 Å². The predicted molar refractivity (Wildman–Crippen MR) is 100 cm³/mol. The number of carbonyl (C=O) groups excluding carboxylic acids is 1. The lowest BCUT2D eigenvalue weighted by Crippen LogP contribution is -2.69. The Morgan fingerprint density at radius 2 is 1.93 bits per heavy atom. The van der Waals surface area contributed by atoms with Crippen molar-refractivity contribution in [1.82, 2.24) is 14.9 Å². The molecule has 4 fully saturated rings. The van der Waals surface area contributed by atoms with E-state index in [4.69, 9.17) is 0 Å². The Morgan fingerprint density at radius 1 is 1.14 bits per heavy atom. The van der Waals surface area contributed by atoms with Crippen molar-refractivity contribution in [3.05, 3.63) is 47.9 Å². The predicted octanol–water partition coefficient (Wildman–Crippen LogP) is 2.53. The van der Waals surface area contributed by atoms with Crippen molar-refractivity contribution in [3.63, 3.8) is 0 Å². The topological polar surface area (TPSA) is 61.4 Å². The fraction of sp³-hybridized carbons (Fsp3) is 0.450. The molecule has 6 rings (SSSR count). The van der Waals surface area contributed by atoms with E-state index in [1.165, 1.54) is 18.9 Å². The second kappa shape index (κ2) is 6.77. The third-order valence-electron chi connectivity index (χ3n) is 5.87. The summed E-state index contributed by atoms with van der Waals surface area (Å²) in [5, 5.41) is 2.54. The van der Waals surface area contributed by atoms with Crippen LogP contribution in [-0.4, -0.2) is 52.5 Å². The summed E-state index contributed by atoms with van der Waals surface area (Å²) in [5.41, 5.74) is 1.13. The van der Waals surface area contributed by atoms with E-state index in [9.17, 15) is 13.6 Å². The average Bonchev–Trinajstić information content (AvgIpc) is 3.54. The van der Waals surface area contributed by atoms with Crippen molar-refractivity contribution in [2.24, 2.45) is 0 Å². The fourth-order valence-electron chi connectivity index (χ4n) is 4.22. The second-order valence-corrected chi connectivity index (χ2v) is 7.87. The minimum atomic E-state index is -0.765. The lowest BCUT2D eigenvalue weighted by Gasteiger charge is -2.56. The van der Waals surface area contributed by atoms with Gasteiger partial charge in [0, 0.05) is 48.9 Å². The lowest BCUT2D eigenvalue weighted by atomic mass is 9.87. The molecule has 4 aliphatic rings. The average molecular weight is 385 g/mol. The molecule has 1 N–H and O–H groups in total. The molecule has 2 unspecified atom stereocenters. The Hall–Kier alpha value is -2.61. The van der Waals surface area contributed by atoms with Gasteiger partial charge in [0.2, 0.25) is 5.91 Å². The summed E-state index contributed by atoms with van der Waals surface area (Å²) in [6.45, 7) is 1.84. The number of piperidine rings is 1. The molecule has 2 aromatic rings. The number of hydrogen-bond acceptors (Lipinski definition) is 5. The summed E-state index contributed by atoms with van der Waals surface area (Å²) >= 11 is 0. The number of rotatable bonds is 5. The molecule has 4 heterocycles. The smallest absolute Gasteiger partial charge is 0.238 e. The third kappa shape index (κ3) is 3.32. The number of nitrogens with zero attached hydrogens (tertiary/aromatic N) is 4. The fourth-order valence-corrected chi connectivity index (χ4v) is 4.22. The zero-order chi connectivity index (χ0) is 19.3. The monoisotopic (exact) mass is 385 g/mol. The number of fused-ring (bicyclic) bond motifs is 2. The lowest BCUT2D eigenvalue weighted by molar-refractivity contribution is -0.121. The Kier molecular flexibility index (Phi) is 4.23. The van der Waals surface area contributed by atoms with Crippen molar-refractivity contribution in [2.45, 2.75) is 37.3 Å². The van der Waals surface area contributed by atoms with Crippen LogP contribution in [0.3, 0.4) is 0 Å². The summed E-state index contributed by atoms with van der Waals surface area (Å²) in [7, 11) is 0. The van der Waals surface area contributed by atoms with E-state index in [0.29, 0.717) is 5.92 Å². The van der Waals surface area contributed by atoms with Gasteiger partial charge in [0.25, 0.3) is 0 Å². The summed E-state index contributed by atoms with van der Waals surface area (Å²) < 4.78 is 26.7. The van der Waals surface area contributed by atoms with Gasteiger partial charge in [-0.1, -0.05) is 0 Å². The van der Waals surface area contributed by atoms with Crippen LogP contribution in [0.1, 0.15) is 30.9 Å². The first-order valence-corrected chi connectivity index (χ1v) is 9.64. The highest BCUT2D eigenvalue weighted by Gasteiger charge is 2.45. The number of carbonyl (C=O) groups is 1. The molecule has 0 radical (unpaired) electrons. The highest BCUT2D eigenvalue weighted by Crippen LogP contribution is 2.40. The first kappa shape index (κ1) is 17.5. The van der Waals surface area contributed by atoms with Crippen LogP contribution in [0, 0.1) is 11.6 Å². The Balaban J connectivity index is 1.19. The maximum Gasteiger partial charge on any atom is 0.238 e. The molecule has 28 heavy (non-hydrogen) atoms. The minimum Gasteiger partial charge on any atom is -0.353 e. The molecule has 1 aliphatic carbocycles. The van der Waals surface area contributed by atoms with Gasteiger partial charge in [0.1, 0.15) is 23.8 Å². The second-order valence-electron chi connectivity index (χ2n) is 7.87. The molecular formula is C20H21F2N5O. The molecule has 1 saturated carbocycles. The quantitative estimate of drug-likeness (QED) is 0.857. The third-order valence-corrected chi connectivity index (χ3v) is 5.87. The molecule has 3 aliphatic heterocycles. The molecule has 0 spiro atoms. The van der Waals surface area contributed by atoms with Crippen LogP contribution in [0.15, 0.2) is 30.6 Å². The number of piperazine rings is 1. The first-order chi connectivity index (χ1) is 13.6. The van der Waals surface area contributed by atoms with Crippen molar-refractivity contribution in [3.8, 4) is 0 Å². The van der Waals surface area contributed by atoms with E-state index in [2.05, 4.69) is 31.2 Å². The molecule has 2 atom stereocenters. The molecular weight excluding hydrogens is 364 g/mol. The summed E-state index contributed by atoms with van der Waals surface area (Å²) in [4.78, 5) is 25.5. The van der Waals surface area contributed by atoms with E-state index >= 15 is 0 Å². The van der Waals surface area contributed by atoms with Gasteiger partial charge in [-0.25, -0.2) is 18.7 Å². The standard InChI is InChI=1S/C20H21F2N5O/c21-13-3-4-17(16(22)5-13)25-20(28)10-27-14-6-15(27)9-26(8-14)19-7-18(12-1-2-12)23-11-24-19/h3-5,7,11-12,14-15H,1-2,6,8-10H2,(H,25,28). The summed E-state index contributed by atoms with van der Waals surface area (Å²) in [5.74, 6) is -0.162. The van der Waals surface area contributed by atoms with E-state index in [1.54, 1.807) is 6.33 Å². The maximum absolute atomic E-state index is 13.7.